The van der Waals surface area contributed by atoms with Gasteiger partial charge in [-0.1, -0.05) is 19.9 Å². The molecule has 0 bridgehead atoms. The van der Waals surface area contributed by atoms with Crippen LogP contribution in [0, 0.1) is 17.6 Å². The number of rotatable bonds is 9. The Hall–Kier alpha value is -3.07. The molecule has 0 fully saturated rings. The molecule has 31 heavy (non-hydrogen) atoms. The first-order valence-corrected chi connectivity index (χ1v) is 10.7. The van der Waals surface area contributed by atoms with E-state index in [2.05, 4.69) is 24.1 Å². The molecule has 0 aliphatic heterocycles. The van der Waals surface area contributed by atoms with E-state index >= 15 is 0 Å². The first-order chi connectivity index (χ1) is 14.7. The standard InChI is InChI=1S/C22H23F2N3O3S/c1-13(2)7-15-9-19(27(11-15)10-14-3-5-17(23)18(24)8-14)21(30)26-22-25-16(12-31-22)4-6-20(28)29/h3,5,8-9,11-13H,4,6-7,10H2,1-2H3,(H,28,29)(H,25,26,30). The molecular weight excluding hydrogens is 424 g/mol. The Bertz CT molecular complexity index is 1090. The fraction of sp³-hybridized carbons (Fsp3) is 0.318. The predicted molar refractivity (Wildman–Crippen MR) is 114 cm³/mol. The van der Waals surface area contributed by atoms with Crippen LogP contribution in [0.25, 0.3) is 0 Å². The number of anilines is 1. The minimum Gasteiger partial charge on any atom is -0.481 e. The lowest BCUT2D eigenvalue weighted by atomic mass is 10.1. The zero-order valence-corrected chi connectivity index (χ0v) is 18.0. The fourth-order valence-electron chi connectivity index (χ4n) is 3.19. The van der Waals surface area contributed by atoms with Gasteiger partial charge < -0.3 is 9.67 Å². The Balaban J connectivity index is 1.80. The molecule has 0 aliphatic carbocycles. The van der Waals surface area contributed by atoms with Crippen molar-refractivity contribution in [3.05, 3.63) is 70.0 Å². The van der Waals surface area contributed by atoms with Gasteiger partial charge in [0.05, 0.1) is 12.1 Å². The number of nitrogens with one attached hydrogen (secondary N) is 1. The summed E-state index contributed by atoms with van der Waals surface area (Å²) < 4.78 is 28.6. The Kier molecular flexibility index (Phi) is 7.17. The van der Waals surface area contributed by atoms with Crippen LogP contribution in [0.1, 0.15) is 47.6 Å². The Labute approximate surface area is 182 Å². The average Bonchev–Trinajstić information content (AvgIpc) is 3.29. The van der Waals surface area contributed by atoms with Gasteiger partial charge in [-0.25, -0.2) is 13.8 Å². The summed E-state index contributed by atoms with van der Waals surface area (Å²) in [7, 11) is 0. The summed E-state index contributed by atoms with van der Waals surface area (Å²) in [6, 6.07) is 5.46. The van der Waals surface area contributed by atoms with Crippen LogP contribution in [-0.2, 0) is 24.2 Å². The molecule has 0 saturated heterocycles. The van der Waals surface area contributed by atoms with Gasteiger partial charge in [0.2, 0.25) is 0 Å². The summed E-state index contributed by atoms with van der Waals surface area (Å²) in [6.07, 6.45) is 2.86. The predicted octanol–water partition coefficient (Wildman–Crippen LogP) is 4.74. The molecule has 3 aromatic rings. The quantitative estimate of drug-likeness (QED) is 0.496. The zero-order valence-electron chi connectivity index (χ0n) is 17.2. The first-order valence-electron chi connectivity index (χ1n) is 9.81. The molecule has 0 saturated carbocycles. The van der Waals surface area contributed by atoms with E-state index in [-0.39, 0.29) is 25.3 Å². The molecule has 9 heteroatoms. The van der Waals surface area contributed by atoms with Gasteiger partial charge in [-0.15, -0.1) is 11.3 Å². The van der Waals surface area contributed by atoms with Crippen molar-refractivity contribution in [1.29, 1.82) is 0 Å². The highest BCUT2D eigenvalue weighted by Crippen LogP contribution is 2.21. The third kappa shape index (κ3) is 6.21. The van der Waals surface area contributed by atoms with Crippen LogP contribution in [0.5, 0.6) is 0 Å². The van der Waals surface area contributed by atoms with Gasteiger partial charge in [0.25, 0.3) is 5.91 Å². The van der Waals surface area contributed by atoms with E-state index < -0.39 is 17.6 Å². The van der Waals surface area contributed by atoms with Crippen molar-refractivity contribution in [2.75, 3.05) is 5.32 Å². The van der Waals surface area contributed by atoms with Crippen LogP contribution < -0.4 is 5.32 Å². The molecule has 1 amide bonds. The minimum absolute atomic E-state index is 0.0350. The number of aryl methyl sites for hydroxylation is 1. The topological polar surface area (TPSA) is 84.2 Å². The van der Waals surface area contributed by atoms with Gasteiger partial charge in [-0.05, 0) is 41.7 Å². The molecule has 0 aliphatic rings. The molecule has 2 aromatic heterocycles. The Morgan fingerprint density at radius 1 is 1.19 bits per heavy atom. The summed E-state index contributed by atoms with van der Waals surface area (Å²) in [5.74, 6) is -2.76. The van der Waals surface area contributed by atoms with Gasteiger partial charge in [-0.2, -0.15) is 0 Å². The normalized spacial score (nSPS) is 11.1. The third-order valence-electron chi connectivity index (χ3n) is 4.53. The number of carboxylic acids is 1. The van der Waals surface area contributed by atoms with Gasteiger partial charge in [-0.3, -0.25) is 14.9 Å². The second kappa shape index (κ2) is 9.82. The fourth-order valence-corrected chi connectivity index (χ4v) is 3.93. The lowest BCUT2D eigenvalue weighted by molar-refractivity contribution is -0.136. The molecule has 0 spiro atoms. The molecule has 0 unspecified atom stereocenters. The van der Waals surface area contributed by atoms with E-state index in [1.807, 2.05) is 6.20 Å². The number of carbonyl (C=O) groups excluding carboxylic acids is 1. The number of aromatic nitrogens is 2. The van der Waals surface area contributed by atoms with Crippen molar-refractivity contribution in [2.45, 2.75) is 39.7 Å². The molecule has 3 rings (SSSR count). The van der Waals surface area contributed by atoms with Crippen molar-refractivity contribution >= 4 is 28.3 Å². The summed E-state index contributed by atoms with van der Waals surface area (Å²) in [5.41, 5.74) is 2.47. The van der Waals surface area contributed by atoms with Crippen molar-refractivity contribution in [3.63, 3.8) is 0 Å². The number of carbonyl (C=O) groups is 2. The number of hydrogen-bond donors (Lipinski definition) is 2. The maximum Gasteiger partial charge on any atom is 0.303 e. The number of halogens is 2. The number of carboxylic acid groups (broad SMARTS) is 1. The van der Waals surface area contributed by atoms with Gasteiger partial charge in [0.15, 0.2) is 16.8 Å². The third-order valence-corrected chi connectivity index (χ3v) is 5.34. The highest BCUT2D eigenvalue weighted by Gasteiger charge is 2.17. The smallest absolute Gasteiger partial charge is 0.303 e. The number of hydrogen-bond acceptors (Lipinski definition) is 4. The van der Waals surface area contributed by atoms with E-state index in [0.717, 1.165) is 24.1 Å². The molecule has 6 nitrogen and oxygen atoms in total. The van der Waals surface area contributed by atoms with Gasteiger partial charge in [0.1, 0.15) is 5.69 Å². The van der Waals surface area contributed by atoms with Crippen LogP contribution in [0.15, 0.2) is 35.8 Å². The lowest BCUT2D eigenvalue weighted by Gasteiger charge is -2.09. The molecule has 2 N–H and O–H groups in total. The van der Waals surface area contributed by atoms with E-state index in [1.54, 1.807) is 16.0 Å². The highest BCUT2D eigenvalue weighted by molar-refractivity contribution is 7.14. The largest absolute Gasteiger partial charge is 0.481 e. The molecule has 0 radical (unpaired) electrons. The molecule has 1 aromatic carbocycles. The lowest BCUT2D eigenvalue weighted by Crippen LogP contribution is -2.17. The zero-order chi connectivity index (χ0) is 22.5. The van der Waals surface area contributed by atoms with Crippen molar-refractivity contribution in [2.24, 2.45) is 5.92 Å². The number of nitrogens with zero attached hydrogens (tertiary/aromatic N) is 2. The molecule has 2 heterocycles. The highest BCUT2D eigenvalue weighted by atomic mass is 32.1. The number of benzene rings is 1. The van der Waals surface area contributed by atoms with E-state index in [4.69, 9.17) is 5.11 Å². The van der Waals surface area contributed by atoms with Crippen molar-refractivity contribution in [1.82, 2.24) is 9.55 Å². The summed E-state index contributed by atoms with van der Waals surface area (Å²) in [5, 5.41) is 13.6. The summed E-state index contributed by atoms with van der Waals surface area (Å²) >= 11 is 1.22. The number of aliphatic carboxylic acids is 1. The van der Waals surface area contributed by atoms with Crippen molar-refractivity contribution < 1.29 is 23.5 Å². The molecule has 164 valence electrons. The van der Waals surface area contributed by atoms with E-state index in [9.17, 15) is 18.4 Å². The maximum absolute atomic E-state index is 13.6. The van der Waals surface area contributed by atoms with Crippen LogP contribution >= 0.6 is 11.3 Å². The number of thiazole rings is 1. The van der Waals surface area contributed by atoms with Gasteiger partial charge >= 0.3 is 5.97 Å². The van der Waals surface area contributed by atoms with Crippen LogP contribution in [0.4, 0.5) is 13.9 Å². The van der Waals surface area contributed by atoms with E-state index in [0.29, 0.717) is 28.0 Å². The SMILES string of the molecule is CC(C)Cc1cc(C(=O)Nc2nc(CCC(=O)O)cs2)n(Cc2ccc(F)c(F)c2)c1. The molecular formula is C22H23F2N3O3S. The average molecular weight is 448 g/mol. The van der Waals surface area contributed by atoms with Crippen molar-refractivity contribution in [3.8, 4) is 0 Å². The molecule has 0 atom stereocenters. The Morgan fingerprint density at radius 3 is 2.65 bits per heavy atom. The first kappa shape index (κ1) is 22.6. The second-order valence-corrected chi connectivity index (χ2v) is 8.56. The Morgan fingerprint density at radius 2 is 1.97 bits per heavy atom. The minimum atomic E-state index is -0.935. The summed E-state index contributed by atoms with van der Waals surface area (Å²) in [6.45, 7) is 4.35. The van der Waals surface area contributed by atoms with Crippen LogP contribution in [0.3, 0.4) is 0 Å². The maximum atomic E-state index is 13.6. The summed E-state index contributed by atoms with van der Waals surface area (Å²) in [4.78, 5) is 27.9. The van der Waals surface area contributed by atoms with Crippen LogP contribution in [-0.4, -0.2) is 26.5 Å². The number of amides is 1. The van der Waals surface area contributed by atoms with Crippen LogP contribution in [0.2, 0.25) is 0 Å². The van der Waals surface area contributed by atoms with Gasteiger partial charge in [0, 0.05) is 24.5 Å². The monoisotopic (exact) mass is 447 g/mol. The van der Waals surface area contributed by atoms with E-state index in [1.165, 1.54) is 17.4 Å². The second-order valence-electron chi connectivity index (χ2n) is 7.70.